The van der Waals surface area contributed by atoms with Gasteiger partial charge >= 0.3 is 11.9 Å². The van der Waals surface area contributed by atoms with E-state index in [2.05, 4.69) is 10.6 Å². The Kier molecular flexibility index (Phi) is 8.54. The van der Waals surface area contributed by atoms with E-state index in [1.165, 1.54) is 18.3 Å². The van der Waals surface area contributed by atoms with E-state index in [9.17, 15) is 19.2 Å². The molecule has 0 aliphatic rings. The number of rotatable bonds is 8. The Hall–Kier alpha value is -3.20. The van der Waals surface area contributed by atoms with Crippen LogP contribution in [0, 0.1) is 5.41 Å². The lowest BCUT2D eigenvalue weighted by Gasteiger charge is -2.20. The average molecular weight is 461 g/mol. The Balaban J connectivity index is 2.06. The third-order valence-electron chi connectivity index (χ3n) is 4.34. The van der Waals surface area contributed by atoms with Gasteiger partial charge in [0.2, 0.25) is 5.91 Å². The fourth-order valence-corrected chi connectivity index (χ4v) is 3.56. The maximum absolute atomic E-state index is 12.5. The second kappa shape index (κ2) is 10.9. The number of anilines is 1. The van der Waals surface area contributed by atoms with Crippen molar-refractivity contribution in [2.24, 2.45) is 5.41 Å². The van der Waals surface area contributed by atoms with Crippen molar-refractivity contribution in [3.8, 4) is 11.1 Å². The van der Waals surface area contributed by atoms with E-state index in [1.807, 2.05) is 30.3 Å². The first-order valence-electron chi connectivity index (χ1n) is 10.2. The van der Waals surface area contributed by atoms with E-state index >= 15 is 0 Å². The first kappa shape index (κ1) is 25.1. The number of hydrogen-bond acceptors (Lipinski definition) is 7. The minimum atomic E-state index is -0.906. The number of thiophene rings is 1. The summed E-state index contributed by atoms with van der Waals surface area (Å²) in [5.41, 5.74) is 1.03. The smallest absolute Gasteiger partial charge is 0.341 e. The quantitative estimate of drug-likeness (QED) is 0.582. The molecule has 0 spiro atoms. The van der Waals surface area contributed by atoms with Crippen molar-refractivity contribution in [2.75, 3.05) is 18.5 Å². The van der Waals surface area contributed by atoms with E-state index in [1.54, 1.807) is 33.1 Å². The number of esters is 2. The molecule has 1 atom stereocenters. The molecular weight excluding hydrogens is 432 g/mol. The predicted octanol–water partition coefficient (Wildman–Crippen LogP) is 3.62. The largest absolute Gasteiger partial charge is 0.462 e. The van der Waals surface area contributed by atoms with Gasteiger partial charge in [0.25, 0.3) is 5.91 Å². The number of ether oxygens (including phenoxy) is 2. The zero-order chi connectivity index (χ0) is 23.9. The Bertz CT molecular complexity index is 978. The van der Waals surface area contributed by atoms with E-state index in [0.29, 0.717) is 10.6 Å². The molecule has 9 heteroatoms. The molecule has 0 aliphatic carbocycles. The first-order valence-corrected chi connectivity index (χ1v) is 11.0. The lowest BCUT2D eigenvalue weighted by Crippen LogP contribution is -2.45. The molecule has 0 bridgehead atoms. The van der Waals surface area contributed by atoms with E-state index in [-0.39, 0.29) is 18.1 Å². The van der Waals surface area contributed by atoms with Crippen molar-refractivity contribution in [2.45, 2.75) is 40.7 Å². The molecule has 0 saturated heterocycles. The molecule has 1 heterocycles. The summed E-state index contributed by atoms with van der Waals surface area (Å²) in [5.74, 6) is -2.21. The molecule has 1 aromatic heterocycles. The molecule has 2 amide bonds. The van der Waals surface area contributed by atoms with Crippen LogP contribution in [0.15, 0.2) is 35.7 Å². The van der Waals surface area contributed by atoms with Gasteiger partial charge in [-0.15, -0.1) is 11.3 Å². The molecule has 172 valence electrons. The summed E-state index contributed by atoms with van der Waals surface area (Å²) in [6, 6.07) is 8.35. The topological polar surface area (TPSA) is 111 Å². The van der Waals surface area contributed by atoms with E-state index in [0.717, 1.165) is 5.56 Å². The second-order valence-electron chi connectivity index (χ2n) is 8.04. The van der Waals surface area contributed by atoms with Crippen LogP contribution >= 0.6 is 11.3 Å². The lowest BCUT2D eigenvalue weighted by atomic mass is 9.95. The number of nitrogens with one attached hydrogen (secondary N) is 2. The van der Waals surface area contributed by atoms with Crippen LogP contribution in [0.4, 0.5) is 5.00 Å². The Morgan fingerprint density at radius 2 is 1.72 bits per heavy atom. The summed E-state index contributed by atoms with van der Waals surface area (Å²) >= 11 is 1.17. The lowest BCUT2D eigenvalue weighted by molar-refractivity contribution is -0.150. The zero-order valence-corrected chi connectivity index (χ0v) is 19.6. The fourth-order valence-electron chi connectivity index (χ4n) is 2.58. The summed E-state index contributed by atoms with van der Waals surface area (Å²) in [6.45, 7) is 7.97. The number of carbonyl (C=O) groups excluding carboxylic acids is 4. The minimum absolute atomic E-state index is 0.187. The zero-order valence-electron chi connectivity index (χ0n) is 18.8. The predicted molar refractivity (Wildman–Crippen MR) is 122 cm³/mol. The van der Waals surface area contributed by atoms with Gasteiger partial charge in [0.05, 0.1) is 6.61 Å². The standard InChI is InChI=1S/C23H28N2O6S/c1-6-30-21(28)18-16(15-10-8-7-9-11-15)13-32-19(18)25-17(26)12-31-20(27)14(2)24-22(29)23(3,4)5/h7-11,13-14H,6,12H2,1-5H3,(H,24,29)(H,25,26). The van der Waals surface area contributed by atoms with Gasteiger partial charge in [0.15, 0.2) is 6.61 Å². The SMILES string of the molecule is CCOC(=O)c1c(-c2ccccc2)csc1NC(=O)COC(=O)C(C)NC(=O)C(C)(C)C. The summed E-state index contributed by atoms with van der Waals surface area (Å²) < 4.78 is 10.2. The number of benzene rings is 1. The molecule has 0 aliphatic heterocycles. The van der Waals surface area contributed by atoms with Gasteiger partial charge in [-0.3, -0.25) is 9.59 Å². The highest BCUT2D eigenvalue weighted by atomic mass is 32.1. The van der Waals surface area contributed by atoms with Crippen molar-refractivity contribution in [3.63, 3.8) is 0 Å². The van der Waals surface area contributed by atoms with Crippen LogP contribution in [0.25, 0.3) is 11.1 Å². The van der Waals surface area contributed by atoms with E-state index < -0.39 is 35.9 Å². The average Bonchev–Trinajstić information content (AvgIpc) is 3.15. The van der Waals surface area contributed by atoms with Crippen molar-refractivity contribution < 1.29 is 28.7 Å². The number of amides is 2. The van der Waals surface area contributed by atoms with Crippen molar-refractivity contribution in [1.82, 2.24) is 5.32 Å². The van der Waals surface area contributed by atoms with E-state index in [4.69, 9.17) is 9.47 Å². The molecule has 8 nitrogen and oxygen atoms in total. The molecule has 0 fully saturated rings. The molecule has 2 N–H and O–H groups in total. The maximum atomic E-state index is 12.5. The summed E-state index contributed by atoms with van der Waals surface area (Å²) in [5, 5.41) is 7.22. The van der Waals surface area contributed by atoms with Gasteiger partial charge in [-0.2, -0.15) is 0 Å². The van der Waals surface area contributed by atoms with Crippen molar-refractivity contribution in [3.05, 3.63) is 41.3 Å². The molecule has 0 saturated carbocycles. The maximum Gasteiger partial charge on any atom is 0.341 e. The van der Waals surface area contributed by atoms with Crippen molar-refractivity contribution in [1.29, 1.82) is 0 Å². The van der Waals surface area contributed by atoms with Crippen LogP contribution in [0.3, 0.4) is 0 Å². The number of carbonyl (C=O) groups is 4. The first-order chi connectivity index (χ1) is 15.0. The highest BCUT2D eigenvalue weighted by Crippen LogP contribution is 2.36. The molecule has 0 radical (unpaired) electrons. The Labute approximate surface area is 191 Å². The molecule has 32 heavy (non-hydrogen) atoms. The van der Waals surface area contributed by atoms with Crippen LogP contribution in [-0.2, 0) is 23.9 Å². The van der Waals surface area contributed by atoms with Crippen LogP contribution < -0.4 is 10.6 Å². The molecular formula is C23H28N2O6S. The third-order valence-corrected chi connectivity index (χ3v) is 5.23. The molecule has 1 aromatic carbocycles. The van der Waals surface area contributed by atoms with Gasteiger partial charge in [-0.1, -0.05) is 51.1 Å². The summed E-state index contributed by atoms with van der Waals surface area (Å²) in [7, 11) is 0. The minimum Gasteiger partial charge on any atom is -0.462 e. The van der Waals surface area contributed by atoms with Crippen LogP contribution in [-0.4, -0.2) is 43.0 Å². The molecule has 1 unspecified atom stereocenters. The summed E-state index contributed by atoms with van der Waals surface area (Å²) in [4.78, 5) is 49.0. The van der Waals surface area contributed by atoms with Gasteiger partial charge in [0, 0.05) is 16.4 Å². The van der Waals surface area contributed by atoms with Gasteiger partial charge in [0.1, 0.15) is 16.6 Å². The summed E-state index contributed by atoms with van der Waals surface area (Å²) in [6.07, 6.45) is 0. The highest BCUT2D eigenvalue weighted by molar-refractivity contribution is 7.15. The van der Waals surface area contributed by atoms with Crippen LogP contribution in [0.2, 0.25) is 0 Å². The van der Waals surface area contributed by atoms with Gasteiger partial charge in [-0.25, -0.2) is 9.59 Å². The van der Waals surface area contributed by atoms with Gasteiger partial charge in [-0.05, 0) is 19.4 Å². The fraction of sp³-hybridized carbons (Fsp3) is 0.391. The van der Waals surface area contributed by atoms with Crippen LogP contribution in [0.5, 0.6) is 0 Å². The Morgan fingerprint density at radius 3 is 2.31 bits per heavy atom. The van der Waals surface area contributed by atoms with Crippen molar-refractivity contribution >= 4 is 40.1 Å². The number of hydrogen-bond donors (Lipinski definition) is 2. The normalized spacial score (nSPS) is 11.9. The monoisotopic (exact) mass is 460 g/mol. The molecule has 2 aromatic rings. The third kappa shape index (κ3) is 6.65. The van der Waals surface area contributed by atoms with Crippen LogP contribution in [0.1, 0.15) is 45.0 Å². The highest BCUT2D eigenvalue weighted by Gasteiger charge is 2.27. The van der Waals surface area contributed by atoms with Gasteiger partial charge < -0.3 is 20.1 Å². The Morgan fingerprint density at radius 1 is 1.06 bits per heavy atom. The molecule has 2 rings (SSSR count). The second-order valence-corrected chi connectivity index (χ2v) is 8.92.